The summed E-state index contributed by atoms with van der Waals surface area (Å²) in [6.45, 7) is 0. The average molecular weight is 403 g/mol. The zero-order valence-corrected chi connectivity index (χ0v) is 16.5. The number of carboxylic acids is 2. The Bertz CT molecular complexity index is 778. The van der Waals surface area contributed by atoms with Crippen molar-refractivity contribution in [3.8, 4) is 11.1 Å². The lowest BCUT2D eigenvalue weighted by Crippen LogP contribution is -2.43. The molecule has 2 aromatic carbocycles. The summed E-state index contributed by atoms with van der Waals surface area (Å²) in [5.41, 5.74) is 1.56. The second-order valence-corrected chi connectivity index (χ2v) is 7.90. The number of aryl methyl sites for hydroxylation is 1. The summed E-state index contributed by atoms with van der Waals surface area (Å²) >= 11 is 1.28. The third-order valence-electron chi connectivity index (χ3n) is 4.52. The van der Waals surface area contributed by atoms with E-state index in [-0.39, 0.29) is 5.75 Å². The van der Waals surface area contributed by atoms with Crippen LogP contribution in [0.1, 0.15) is 31.2 Å². The largest absolute Gasteiger partial charge is 0.481 e. The first kappa shape index (κ1) is 22.0. The number of aliphatic carboxylic acids is 2. The topological polar surface area (TPSA) is 94.8 Å². The normalized spacial score (nSPS) is 13.0. The summed E-state index contributed by atoms with van der Waals surface area (Å²) in [5.74, 6) is -2.23. The molecule has 0 saturated heterocycles. The summed E-state index contributed by atoms with van der Waals surface area (Å²) in [4.78, 5) is 21.8. The fourth-order valence-corrected chi connectivity index (χ4v) is 4.13. The van der Waals surface area contributed by atoms with Gasteiger partial charge in [0.15, 0.2) is 5.60 Å². The maximum atomic E-state index is 11.1. The number of carbonyl (C=O) groups is 2. The van der Waals surface area contributed by atoms with Crippen molar-refractivity contribution in [2.75, 3.05) is 11.5 Å². The molecule has 150 valence electrons. The molecule has 0 heterocycles. The fraction of sp³-hybridized carbons (Fsp3) is 0.364. The van der Waals surface area contributed by atoms with E-state index in [4.69, 9.17) is 10.2 Å². The second-order valence-electron chi connectivity index (χ2n) is 6.79. The molecule has 0 aliphatic rings. The van der Waals surface area contributed by atoms with E-state index < -0.39 is 24.0 Å². The molecule has 0 aromatic heterocycles. The van der Waals surface area contributed by atoms with Gasteiger partial charge in [0, 0.05) is 5.75 Å². The molecule has 0 spiro atoms. The molecule has 0 aliphatic heterocycles. The third-order valence-corrected chi connectivity index (χ3v) is 5.78. The van der Waals surface area contributed by atoms with E-state index in [1.165, 1.54) is 28.5 Å². The second kappa shape index (κ2) is 10.9. The van der Waals surface area contributed by atoms with E-state index in [0.29, 0.717) is 5.75 Å². The van der Waals surface area contributed by atoms with Crippen LogP contribution in [0.2, 0.25) is 0 Å². The summed E-state index contributed by atoms with van der Waals surface area (Å²) in [7, 11) is 0. The Kier molecular flexibility index (Phi) is 8.54. The molecule has 0 bridgehead atoms. The van der Waals surface area contributed by atoms with Crippen LogP contribution in [0.4, 0.5) is 0 Å². The lowest BCUT2D eigenvalue weighted by molar-refractivity contribution is -0.162. The number of hydrogen-bond donors (Lipinski definition) is 3. The highest BCUT2D eigenvalue weighted by Gasteiger charge is 2.38. The summed E-state index contributed by atoms with van der Waals surface area (Å²) in [6.07, 6.45) is 3.07. The first-order chi connectivity index (χ1) is 13.4. The van der Waals surface area contributed by atoms with Gasteiger partial charge in [-0.15, -0.1) is 0 Å². The van der Waals surface area contributed by atoms with Gasteiger partial charge in [-0.25, -0.2) is 4.79 Å². The summed E-state index contributed by atoms with van der Waals surface area (Å²) in [5, 5.41) is 27.7. The molecule has 6 heteroatoms. The van der Waals surface area contributed by atoms with Gasteiger partial charge < -0.3 is 15.3 Å². The molecule has 0 unspecified atom stereocenters. The molecule has 0 amide bonds. The van der Waals surface area contributed by atoms with Crippen molar-refractivity contribution in [3.63, 3.8) is 0 Å². The van der Waals surface area contributed by atoms with Crippen molar-refractivity contribution in [1.82, 2.24) is 0 Å². The number of benzene rings is 2. The van der Waals surface area contributed by atoms with E-state index in [2.05, 4.69) is 24.3 Å². The molecule has 28 heavy (non-hydrogen) atoms. The van der Waals surface area contributed by atoms with Crippen LogP contribution in [-0.4, -0.2) is 44.4 Å². The maximum absolute atomic E-state index is 11.1. The van der Waals surface area contributed by atoms with Crippen molar-refractivity contribution in [1.29, 1.82) is 0 Å². The van der Waals surface area contributed by atoms with Gasteiger partial charge in [0.1, 0.15) is 0 Å². The van der Waals surface area contributed by atoms with Gasteiger partial charge in [-0.05, 0) is 41.7 Å². The molecule has 5 nitrogen and oxygen atoms in total. The van der Waals surface area contributed by atoms with Crippen LogP contribution in [-0.2, 0) is 16.0 Å². The van der Waals surface area contributed by atoms with E-state index in [0.717, 1.165) is 25.7 Å². The lowest BCUT2D eigenvalue weighted by Gasteiger charge is -2.20. The van der Waals surface area contributed by atoms with Gasteiger partial charge in [-0.2, -0.15) is 11.8 Å². The SMILES string of the molecule is O=C(O)C[C@](O)(CSCCCCCc1ccccc1-c1ccccc1)C(=O)O. The fourth-order valence-electron chi connectivity index (χ4n) is 3.01. The van der Waals surface area contributed by atoms with E-state index in [9.17, 15) is 14.7 Å². The quantitative estimate of drug-likeness (QED) is 0.463. The Morgan fingerprint density at radius 3 is 2.25 bits per heavy atom. The minimum absolute atomic E-state index is 0.120. The van der Waals surface area contributed by atoms with Crippen molar-refractivity contribution < 1.29 is 24.9 Å². The van der Waals surface area contributed by atoms with Crippen LogP contribution in [0.15, 0.2) is 54.6 Å². The van der Waals surface area contributed by atoms with Gasteiger partial charge in [-0.1, -0.05) is 61.0 Å². The van der Waals surface area contributed by atoms with Crippen molar-refractivity contribution in [3.05, 3.63) is 60.2 Å². The molecule has 3 N–H and O–H groups in total. The number of rotatable bonds is 12. The Balaban J connectivity index is 1.74. The first-order valence-corrected chi connectivity index (χ1v) is 10.5. The Morgan fingerprint density at radius 2 is 1.57 bits per heavy atom. The monoisotopic (exact) mass is 402 g/mol. The zero-order valence-electron chi connectivity index (χ0n) is 15.7. The Morgan fingerprint density at radius 1 is 0.893 bits per heavy atom. The molecular weight excluding hydrogens is 376 g/mol. The number of thioether (sulfide) groups is 1. The maximum Gasteiger partial charge on any atom is 0.337 e. The average Bonchev–Trinajstić information content (AvgIpc) is 2.67. The first-order valence-electron chi connectivity index (χ1n) is 9.31. The predicted octanol–water partition coefficient (Wildman–Crippen LogP) is 4.09. The van der Waals surface area contributed by atoms with Crippen molar-refractivity contribution in [2.24, 2.45) is 0 Å². The van der Waals surface area contributed by atoms with Crippen LogP contribution in [0.5, 0.6) is 0 Å². The highest BCUT2D eigenvalue weighted by atomic mass is 32.2. The third kappa shape index (κ3) is 6.69. The van der Waals surface area contributed by atoms with Gasteiger partial charge in [0.25, 0.3) is 0 Å². The van der Waals surface area contributed by atoms with Crippen LogP contribution < -0.4 is 0 Å². The molecule has 0 fully saturated rings. The van der Waals surface area contributed by atoms with Gasteiger partial charge >= 0.3 is 11.9 Å². The lowest BCUT2D eigenvalue weighted by atomic mass is 9.96. The van der Waals surface area contributed by atoms with Crippen LogP contribution in [0.25, 0.3) is 11.1 Å². The minimum atomic E-state index is -2.20. The molecule has 0 radical (unpaired) electrons. The number of aliphatic hydroxyl groups is 1. The Hall–Kier alpha value is -2.31. The zero-order chi connectivity index (χ0) is 20.4. The molecule has 0 saturated carbocycles. The number of carboxylic acid groups (broad SMARTS) is 2. The van der Waals surface area contributed by atoms with Crippen molar-refractivity contribution in [2.45, 2.75) is 37.7 Å². The molecule has 2 rings (SSSR count). The van der Waals surface area contributed by atoms with Crippen molar-refractivity contribution >= 4 is 23.7 Å². The van der Waals surface area contributed by atoms with Crippen LogP contribution >= 0.6 is 11.8 Å². The summed E-state index contributed by atoms with van der Waals surface area (Å²) in [6, 6.07) is 18.7. The van der Waals surface area contributed by atoms with Gasteiger partial charge in [0.05, 0.1) is 6.42 Å². The van der Waals surface area contributed by atoms with E-state index in [1.807, 2.05) is 30.3 Å². The minimum Gasteiger partial charge on any atom is -0.481 e. The van der Waals surface area contributed by atoms with E-state index in [1.54, 1.807) is 0 Å². The van der Waals surface area contributed by atoms with E-state index >= 15 is 0 Å². The number of hydrogen-bond acceptors (Lipinski definition) is 4. The molecule has 2 aromatic rings. The van der Waals surface area contributed by atoms with Crippen LogP contribution in [0.3, 0.4) is 0 Å². The molecule has 0 aliphatic carbocycles. The molecular formula is C22H26O5S. The smallest absolute Gasteiger partial charge is 0.337 e. The molecule has 1 atom stereocenters. The standard InChI is InChI=1S/C22H26O5S/c23-20(24)15-22(27,21(25)26)16-28-14-8-2-5-11-18-12-6-7-13-19(18)17-9-3-1-4-10-17/h1,3-4,6-7,9-10,12-13,27H,2,5,8,11,14-16H2,(H,23,24)(H,25,26)/t22-/m0/s1. The predicted molar refractivity (Wildman–Crippen MR) is 112 cm³/mol. The number of unbranched alkanes of at least 4 members (excludes halogenated alkanes) is 2. The van der Waals surface area contributed by atoms with Gasteiger partial charge in [0.2, 0.25) is 0 Å². The van der Waals surface area contributed by atoms with Crippen LogP contribution in [0, 0.1) is 0 Å². The summed E-state index contributed by atoms with van der Waals surface area (Å²) < 4.78 is 0. The van der Waals surface area contributed by atoms with Gasteiger partial charge in [-0.3, -0.25) is 4.79 Å². The Labute approximate surface area is 169 Å². The highest BCUT2D eigenvalue weighted by molar-refractivity contribution is 7.99. The highest BCUT2D eigenvalue weighted by Crippen LogP contribution is 2.25.